The Bertz CT molecular complexity index is 13.8. The summed E-state index contributed by atoms with van der Waals surface area (Å²) in [4.78, 5) is 0. The number of hydrogen-bond donors (Lipinski definition) is 0. The molecule has 0 saturated heterocycles. The van der Waals surface area contributed by atoms with Crippen molar-refractivity contribution in [2.75, 3.05) is 0 Å². The van der Waals surface area contributed by atoms with Crippen molar-refractivity contribution in [2.45, 2.75) is 22.3 Å². The van der Waals surface area contributed by atoms with Gasteiger partial charge in [0.25, 0.3) is 0 Å². The van der Waals surface area contributed by atoms with Gasteiger partial charge in [-0.15, -0.1) is 17.9 Å². The Hall–Kier alpha value is 0.860. The van der Waals surface area contributed by atoms with Crippen molar-refractivity contribution in [1.82, 2.24) is 0 Å². The van der Waals surface area contributed by atoms with Crippen LogP contribution < -0.4 is 0 Å². The maximum absolute atomic E-state index is 5.00. The average Bonchev–Trinajstić information content (AvgIpc) is 1.50. The first-order chi connectivity index (χ1) is 2.00. The van der Waals surface area contributed by atoms with Gasteiger partial charge >= 0.3 is 0 Å². The summed E-state index contributed by atoms with van der Waals surface area (Å²) < 4.78 is 10.0. The van der Waals surface area contributed by atoms with E-state index in [0.29, 0.717) is 0 Å². The first-order valence-electron chi connectivity index (χ1n) is 1.33. The van der Waals surface area contributed by atoms with E-state index in [1.54, 1.807) is 0 Å². The van der Waals surface area contributed by atoms with Crippen LogP contribution in [0.5, 0.6) is 0 Å². The van der Waals surface area contributed by atoms with E-state index in [-0.39, 0.29) is 25.1 Å². The van der Waals surface area contributed by atoms with Crippen molar-refractivity contribution in [3.8, 4) is 0 Å². The molecule has 0 radical (unpaired) electrons. The highest BCUT2D eigenvalue weighted by molar-refractivity contribution is 7.92. The normalized spacial score (nSPS) is 2.80. The molecule has 0 fully saturated rings. The van der Waals surface area contributed by atoms with E-state index in [9.17, 15) is 0 Å². The topological polar surface area (TPSA) is 0 Å². The van der Waals surface area contributed by atoms with Crippen molar-refractivity contribution in [2.24, 2.45) is 0 Å². The van der Waals surface area contributed by atoms with Gasteiger partial charge in [-0.3, -0.25) is 0 Å². The Morgan fingerprint density at radius 2 is 1.20 bits per heavy atom. The van der Waals surface area contributed by atoms with Gasteiger partial charge in [-0.25, -0.2) is 0 Å². The molecule has 0 aliphatic rings. The number of rotatable bonds is 0. The lowest BCUT2D eigenvalue weighted by atomic mass is 12.0. The lowest BCUT2D eigenvalue weighted by Crippen LogP contribution is -0.139. The molecule has 0 aliphatic heterocycles. The fourth-order valence-corrected chi connectivity index (χ4v) is 0. The third-order valence-corrected chi connectivity index (χ3v) is 0. The third kappa shape index (κ3) is 53.7. The standard InChI is InChI=1S/3CH4.H4P2.3H2/c;;;1-2;;;/h3*1H4;1-2H2;3*1H/i;;;;1+2T;1+2;. The molecule has 0 aromatic heterocycles. The molecule has 2 heteroatoms. The molecule has 5 heavy (non-hydrogen) atoms. The van der Waals surface area contributed by atoms with Crippen LogP contribution in [0.15, 0.2) is 0 Å². The molecule has 2 atom stereocenters. The lowest BCUT2D eigenvalue weighted by Gasteiger charge is -1.12. The van der Waals surface area contributed by atoms with Gasteiger partial charge in [-0.05, 0) is 0 Å². The molecule has 44 valence electrons. The maximum atomic E-state index is 5.00. The largest absolute Gasteiger partial charge is 0.118 e. The van der Waals surface area contributed by atoms with Gasteiger partial charge in [-0.2, -0.15) is 0 Å². The van der Waals surface area contributed by atoms with Gasteiger partial charge in [0, 0.05) is 5.82 Å². The smallest absolute Gasteiger partial charge is 0 e. The van der Waals surface area contributed by atoms with Crippen molar-refractivity contribution in [3.63, 3.8) is 0 Å². The summed E-state index contributed by atoms with van der Waals surface area (Å²) in [6, 6.07) is 0. The molecule has 0 heterocycles. The minimum absolute atomic E-state index is 0. The fourth-order valence-electron chi connectivity index (χ4n) is 0. The van der Waals surface area contributed by atoms with Crippen LogP contribution in [0.3, 0.4) is 0 Å². The van der Waals surface area contributed by atoms with Crippen LogP contribution in [-0.4, -0.2) is 0 Å². The minimum Gasteiger partial charge on any atom is -0.118 e. The summed E-state index contributed by atoms with van der Waals surface area (Å²) in [7, 11) is 4.67. The molecule has 0 rings (SSSR count). The molecule has 0 nitrogen and oxygen atoms in total. The summed E-state index contributed by atoms with van der Waals surface area (Å²) in [5, 5.41) is 0. The molecule has 0 N–H and O–H groups in total. The molecule has 0 aliphatic carbocycles. The van der Waals surface area contributed by atoms with E-state index in [0.717, 1.165) is 0 Å². The highest BCUT2D eigenvalue weighted by Gasteiger charge is 0.882. The zero-order valence-electron chi connectivity index (χ0n) is 3.15. The van der Waals surface area contributed by atoms with Crippen molar-refractivity contribution in [1.29, 1.82) is 0 Å². The SMILES string of the molecule is C.C.C.PP.[3HH].[3H][3H].[HH]. The van der Waals surface area contributed by atoms with Gasteiger partial charge in [0.1, 0.15) is 0 Å². The first kappa shape index (κ1) is 16.9. The Morgan fingerprint density at radius 1 is 1.20 bits per heavy atom. The Kier molecular flexibility index (Phi) is 331. The second kappa shape index (κ2) is 97.9. The zero-order valence-corrected chi connectivity index (χ0v) is 3.46. The molecule has 0 spiro atoms. The summed E-state index contributed by atoms with van der Waals surface area (Å²) in [5.41, 5.74) is 0. The monoisotopic (exact) mass is 126 g/mol. The van der Waals surface area contributed by atoms with Crippen LogP contribution >= 0.6 is 17.9 Å². The quantitative estimate of drug-likeness (QED) is 0.437. The summed E-state index contributed by atoms with van der Waals surface area (Å²) in [6.07, 6.45) is 0. The molecule has 0 aromatic carbocycles. The van der Waals surface area contributed by atoms with Crippen LogP contribution in [0.25, 0.3) is 0 Å². The van der Waals surface area contributed by atoms with E-state index >= 15 is 0 Å². The maximum Gasteiger partial charge on any atom is 0 e. The molecule has 0 saturated carbocycles. The predicted molar refractivity (Wildman–Crippen MR) is 46.0 cm³/mol. The van der Waals surface area contributed by atoms with Crippen LogP contribution in [0, 0.1) is 0 Å². The van der Waals surface area contributed by atoms with Gasteiger partial charge in [-0.1, -0.05) is 22.3 Å². The summed E-state index contributed by atoms with van der Waals surface area (Å²) >= 11 is 0. The molecular weight excluding hydrogens is 98.0 g/mol. The summed E-state index contributed by atoms with van der Waals surface area (Å²) in [6.45, 7) is 0. The van der Waals surface area contributed by atoms with Crippen LogP contribution in [0.4, 0.5) is 0 Å². The molecule has 0 amide bonds. The Morgan fingerprint density at radius 3 is 1.20 bits per heavy atom. The fraction of sp³-hybridized carbons (Fsp3) is 1.00. The first-order valence-corrected chi connectivity index (χ1v) is 3.00. The van der Waals surface area contributed by atoms with E-state index in [2.05, 4.69) is 17.9 Å². The predicted octanol–water partition coefficient (Wildman–Crippen LogP) is 3.30. The molecule has 0 aromatic rings. The van der Waals surface area contributed by atoms with E-state index in [1.807, 2.05) is 0 Å². The molecular formula is C3H22P2. The number of hydrogen-bond acceptors (Lipinski definition) is 0. The highest BCUT2D eigenvalue weighted by atomic mass is 32.0. The van der Waals surface area contributed by atoms with E-state index < -0.39 is 0 Å². The lowest BCUT2D eigenvalue weighted by molar-refractivity contribution is 2.50. The van der Waals surface area contributed by atoms with Gasteiger partial charge < -0.3 is 0 Å². The van der Waals surface area contributed by atoms with Crippen molar-refractivity contribution < 1.29 is 5.82 Å². The minimum atomic E-state index is 0. The van der Waals surface area contributed by atoms with Crippen molar-refractivity contribution in [3.05, 3.63) is 0 Å². The Labute approximate surface area is 47.1 Å². The van der Waals surface area contributed by atoms with Gasteiger partial charge in [0.05, 0.1) is 0 Å². The van der Waals surface area contributed by atoms with Gasteiger partial charge in [0.2, 0.25) is 0 Å². The average molecular weight is 126 g/mol. The second-order valence-electron chi connectivity index (χ2n) is 0. The van der Waals surface area contributed by atoms with Crippen LogP contribution in [0.1, 0.15) is 28.1 Å². The Balaban J connectivity index is -0.00000000114. The van der Waals surface area contributed by atoms with Crippen LogP contribution in [0.2, 0.25) is 0 Å². The van der Waals surface area contributed by atoms with E-state index in [4.69, 9.17) is 2.97 Å². The second-order valence-corrected chi connectivity index (χ2v) is 0. The zero-order chi connectivity index (χ0) is 4.00. The van der Waals surface area contributed by atoms with E-state index in [1.165, 1.54) is 0 Å². The van der Waals surface area contributed by atoms with Crippen molar-refractivity contribution >= 4 is 17.9 Å². The molecule has 2 unspecified atom stereocenters. The third-order valence-electron chi connectivity index (χ3n) is 0. The van der Waals surface area contributed by atoms with Crippen LogP contribution in [-0.2, 0) is 0 Å². The van der Waals surface area contributed by atoms with Gasteiger partial charge in [0.15, 0.2) is 0 Å². The summed E-state index contributed by atoms with van der Waals surface area (Å²) in [5.74, 6) is 0. The highest BCUT2D eigenvalue weighted by Crippen LogP contribution is 1.86. The molecule has 0 bridgehead atoms.